The van der Waals surface area contributed by atoms with Crippen LogP contribution < -0.4 is 4.74 Å². The van der Waals surface area contributed by atoms with Gasteiger partial charge in [-0.25, -0.2) is 0 Å². The number of hydrogen-bond acceptors (Lipinski definition) is 4. The van der Waals surface area contributed by atoms with Crippen LogP contribution in [0.2, 0.25) is 0 Å². The first kappa shape index (κ1) is 15.3. The molecule has 0 aliphatic rings. The van der Waals surface area contributed by atoms with Crippen LogP contribution in [0.4, 0.5) is 0 Å². The molecule has 0 saturated heterocycles. The number of aromatic nitrogens is 1. The summed E-state index contributed by atoms with van der Waals surface area (Å²) < 4.78 is 10.6. The molecule has 4 heteroatoms. The molecule has 0 aliphatic carbocycles. The van der Waals surface area contributed by atoms with Crippen LogP contribution in [0, 0.1) is 0 Å². The normalized spacial score (nSPS) is 10.5. The standard InChI is InChI=1S/C17H21NO3/c1-2-20-17(19)8-4-3-5-12-21-15-10-9-14-7-6-11-18-16(14)13-15/h6-7,9-11,13H,2-5,8,12H2,1H3. The molecular formula is C17H21NO3. The second-order valence-corrected chi connectivity index (χ2v) is 4.82. The largest absolute Gasteiger partial charge is 0.494 e. The molecule has 0 radical (unpaired) electrons. The lowest BCUT2D eigenvalue weighted by Crippen LogP contribution is -2.04. The van der Waals surface area contributed by atoms with Gasteiger partial charge in [0.25, 0.3) is 0 Å². The summed E-state index contributed by atoms with van der Waals surface area (Å²) >= 11 is 0. The van der Waals surface area contributed by atoms with Gasteiger partial charge in [-0.3, -0.25) is 9.78 Å². The second-order valence-electron chi connectivity index (χ2n) is 4.82. The van der Waals surface area contributed by atoms with Gasteiger partial charge in [-0.15, -0.1) is 0 Å². The number of benzene rings is 1. The fourth-order valence-corrected chi connectivity index (χ4v) is 2.11. The second kappa shape index (κ2) is 8.25. The highest BCUT2D eigenvalue weighted by atomic mass is 16.5. The van der Waals surface area contributed by atoms with Gasteiger partial charge in [-0.1, -0.05) is 6.07 Å². The Hall–Kier alpha value is -2.10. The van der Waals surface area contributed by atoms with E-state index in [1.165, 1.54) is 0 Å². The molecule has 0 atom stereocenters. The van der Waals surface area contributed by atoms with Crippen LogP contribution in [0.3, 0.4) is 0 Å². The maximum absolute atomic E-state index is 11.2. The molecule has 112 valence electrons. The molecule has 0 saturated carbocycles. The highest BCUT2D eigenvalue weighted by Gasteiger charge is 2.01. The Kier molecular flexibility index (Phi) is 6.00. The van der Waals surface area contributed by atoms with Crippen molar-refractivity contribution in [3.63, 3.8) is 0 Å². The van der Waals surface area contributed by atoms with E-state index in [4.69, 9.17) is 9.47 Å². The van der Waals surface area contributed by atoms with Gasteiger partial charge in [0, 0.05) is 24.1 Å². The van der Waals surface area contributed by atoms with E-state index in [1.54, 1.807) is 6.20 Å². The average molecular weight is 287 g/mol. The van der Waals surface area contributed by atoms with Gasteiger partial charge >= 0.3 is 5.97 Å². The Bertz CT molecular complexity index is 583. The zero-order valence-electron chi connectivity index (χ0n) is 12.4. The van der Waals surface area contributed by atoms with Crippen molar-refractivity contribution in [3.05, 3.63) is 36.5 Å². The highest BCUT2D eigenvalue weighted by molar-refractivity contribution is 5.79. The van der Waals surface area contributed by atoms with Gasteiger partial charge in [-0.2, -0.15) is 0 Å². The Balaban J connectivity index is 1.67. The number of carbonyl (C=O) groups excluding carboxylic acids is 1. The molecule has 0 amide bonds. The molecule has 0 spiro atoms. The first-order valence-electron chi connectivity index (χ1n) is 7.43. The maximum atomic E-state index is 11.2. The molecule has 0 aliphatic heterocycles. The van der Waals surface area contributed by atoms with Crippen molar-refractivity contribution in [2.45, 2.75) is 32.6 Å². The first-order chi connectivity index (χ1) is 10.3. The fraction of sp³-hybridized carbons (Fsp3) is 0.412. The van der Waals surface area contributed by atoms with Crippen LogP contribution in [-0.4, -0.2) is 24.2 Å². The summed E-state index contributed by atoms with van der Waals surface area (Å²) in [4.78, 5) is 15.5. The van der Waals surface area contributed by atoms with Crippen LogP contribution in [0.25, 0.3) is 10.9 Å². The zero-order chi connectivity index (χ0) is 14.9. The lowest BCUT2D eigenvalue weighted by atomic mass is 10.2. The SMILES string of the molecule is CCOC(=O)CCCCCOc1ccc2cccnc2c1. The number of ether oxygens (including phenoxy) is 2. The maximum Gasteiger partial charge on any atom is 0.305 e. The Morgan fingerprint density at radius 1 is 1.19 bits per heavy atom. The molecule has 0 bridgehead atoms. The van der Waals surface area contributed by atoms with Crippen LogP contribution in [-0.2, 0) is 9.53 Å². The first-order valence-corrected chi connectivity index (χ1v) is 7.43. The lowest BCUT2D eigenvalue weighted by Gasteiger charge is -2.07. The van der Waals surface area contributed by atoms with Gasteiger partial charge < -0.3 is 9.47 Å². The van der Waals surface area contributed by atoms with E-state index < -0.39 is 0 Å². The van der Waals surface area contributed by atoms with Crippen molar-refractivity contribution < 1.29 is 14.3 Å². The van der Waals surface area contributed by atoms with E-state index in [9.17, 15) is 4.79 Å². The summed E-state index contributed by atoms with van der Waals surface area (Å²) in [6.07, 6.45) is 5.01. The smallest absolute Gasteiger partial charge is 0.305 e. The van der Waals surface area contributed by atoms with Gasteiger partial charge in [0.2, 0.25) is 0 Å². The van der Waals surface area contributed by atoms with Gasteiger partial charge in [0.05, 0.1) is 18.7 Å². The van der Waals surface area contributed by atoms with E-state index in [0.29, 0.717) is 19.6 Å². The summed E-state index contributed by atoms with van der Waals surface area (Å²) in [6, 6.07) is 9.88. The van der Waals surface area contributed by atoms with E-state index in [0.717, 1.165) is 35.9 Å². The molecular weight excluding hydrogens is 266 g/mol. The van der Waals surface area contributed by atoms with E-state index in [2.05, 4.69) is 4.98 Å². The Morgan fingerprint density at radius 2 is 2.10 bits per heavy atom. The van der Waals surface area contributed by atoms with Crippen LogP contribution in [0.1, 0.15) is 32.6 Å². The summed E-state index contributed by atoms with van der Waals surface area (Å²) in [5, 5.41) is 1.11. The summed E-state index contributed by atoms with van der Waals surface area (Å²) in [5.41, 5.74) is 0.942. The molecule has 0 N–H and O–H groups in total. The zero-order valence-corrected chi connectivity index (χ0v) is 12.4. The van der Waals surface area contributed by atoms with Crippen LogP contribution in [0.5, 0.6) is 5.75 Å². The number of carbonyl (C=O) groups is 1. The molecule has 1 aromatic heterocycles. The third-order valence-corrected chi connectivity index (χ3v) is 3.18. The number of fused-ring (bicyclic) bond motifs is 1. The van der Waals surface area contributed by atoms with Crippen molar-refractivity contribution in [1.82, 2.24) is 4.98 Å². The fourth-order valence-electron chi connectivity index (χ4n) is 2.11. The van der Waals surface area contributed by atoms with Gasteiger partial charge in [0.15, 0.2) is 0 Å². The van der Waals surface area contributed by atoms with E-state index >= 15 is 0 Å². The minimum absolute atomic E-state index is 0.112. The van der Waals surface area contributed by atoms with Gasteiger partial charge in [-0.05, 0) is 44.4 Å². The van der Waals surface area contributed by atoms with Gasteiger partial charge in [0.1, 0.15) is 5.75 Å². The number of hydrogen-bond donors (Lipinski definition) is 0. The van der Waals surface area contributed by atoms with Crippen molar-refractivity contribution >= 4 is 16.9 Å². The topological polar surface area (TPSA) is 48.4 Å². The predicted octanol–water partition coefficient (Wildman–Crippen LogP) is 3.74. The minimum atomic E-state index is -0.112. The van der Waals surface area contributed by atoms with Crippen molar-refractivity contribution in [2.24, 2.45) is 0 Å². The number of pyridine rings is 1. The number of nitrogens with zero attached hydrogens (tertiary/aromatic N) is 1. The molecule has 21 heavy (non-hydrogen) atoms. The highest BCUT2D eigenvalue weighted by Crippen LogP contribution is 2.19. The number of rotatable bonds is 8. The molecule has 2 rings (SSSR count). The van der Waals surface area contributed by atoms with Crippen LogP contribution >= 0.6 is 0 Å². The lowest BCUT2D eigenvalue weighted by molar-refractivity contribution is -0.143. The third kappa shape index (κ3) is 5.06. The predicted molar refractivity (Wildman–Crippen MR) is 82.3 cm³/mol. The molecule has 1 heterocycles. The number of unbranched alkanes of at least 4 members (excludes halogenated alkanes) is 2. The minimum Gasteiger partial charge on any atom is -0.494 e. The Morgan fingerprint density at radius 3 is 2.95 bits per heavy atom. The van der Waals surface area contributed by atoms with Crippen LogP contribution in [0.15, 0.2) is 36.5 Å². The van der Waals surface area contributed by atoms with Crippen molar-refractivity contribution in [2.75, 3.05) is 13.2 Å². The van der Waals surface area contributed by atoms with Crippen molar-refractivity contribution in [3.8, 4) is 5.75 Å². The summed E-state index contributed by atoms with van der Waals surface area (Å²) in [7, 11) is 0. The van der Waals surface area contributed by atoms with E-state index in [-0.39, 0.29) is 5.97 Å². The molecule has 4 nitrogen and oxygen atoms in total. The average Bonchev–Trinajstić information content (AvgIpc) is 2.51. The molecule has 0 unspecified atom stereocenters. The number of esters is 1. The Labute approximate surface area is 125 Å². The quantitative estimate of drug-likeness (QED) is 0.548. The third-order valence-electron chi connectivity index (χ3n) is 3.18. The summed E-state index contributed by atoms with van der Waals surface area (Å²) in [6.45, 7) is 2.93. The molecule has 1 aromatic carbocycles. The summed E-state index contributed by atoms with van der Waals surface area (Å²) in [5.74, 6) is 0.727. The molecule has 2 aromatic rings. The van der Waals surface area contributed by atoms with E-state index in [1.807, 2.05) is 37.3 Å². The molecule has 0 fully saturated rings. The monoisotopic (exact) mass is 287 g/mol. The van der Waals surface area contributed by atoms with Crippen molar-refractivity contribution in [1.29, 1.82) is 0 Å².